The smallest absolute Gasteiger partial charge is 0.228 e. The minimum Gasteiger partial charge on any atom is -0.342 e. The number of benzene rings is 1. The summed E-state index contributed by atoms with van der Waals surface area (Å²) in [5.41, 5.74) is 0.806. The standard InChI is InChI=1S/C22H24ClN3O2S/c23-18-4-6-19(7-5-18)26-14-17(13-21(26)27)22(28)25-11-8-16(9-12-25)15-29-20-3-1-2-10-24-20/h1-7,10,16-17H,8-9,11-15H2/t17-/m1/s1. The van der Waals surface area contributed by atoms with E-state index in [1.54, 1.807) is 28.8 Å². The molecular weight excluding hydrogens is 406 g/mol. The van der Waals surface area contributed by atoms with E-state index in [0.29, 0.717) is 17.5 Å². The Bertz CT molecular complexity index is 854. The van der Waals surface area contributed by atoms with Crippen LogP contribution < -0.4 is 4.90 Å². The molecule has 2 saturated heterocycles. The van der Waals surface area contributed by atoms with E-state index in [1.165, 1.54) is 0 Å². The lowest BCUT2D eigenvalue weighted by Gasteiger charge is -2.33. The maximum absolute atomic E-state index is 13.0. The van der Waals surface area contributed by atoms with Crippen molar-refractivity contribution >= 4 is 40.9 Å². The first-order valence-electron chi connectivity index (χ1n) is 9.98. The van der Waals surface area contributed by atoms with Crippen LogP contribution in [0.5, 0.6) is 0 Å². The second kappa shape index (κ2) is 9.18. The van der Waals surface area contributed by atoms with E-state index in [1.807, 2.05) is 41.4 Å². The molecule has 0 N–H and O–H groups in total. The first kappa shape index (κ1) is 20.2. The van der Waals surface area contributed by atoms with Crippen molar-refractivity contribution in [1.29, 1.82) is 0 Å². The topological polar surface area (TPSA) is 53.5 Å². The normalized spacial score (nSPS) is 20.3. The molecule has 152 valence electrons. The highest BCUT2D eigenvalue weighted by Crippen LogP contribution is 2.30. The van der Waals surface area contributed by atoms with E-state index in [9.17, 15) is 9.59 Å². The van der Waals surface area contributed by atoms with Crippen LogP contribution in [0.15, 0.2) is 53.7 Å². The first-order valence-corrected chi connectivity index (χ1v) is 11.3. The molecule has 3 heterocycles. The molecule has 0 saturated carbocycles. The van der Waals surface area contributed by atoms with Gasteiger partial charge in [-0.1, -0.05) is 17.7 Å². The summed E-state index contributed by atoms with van der Waals surface area (Å²) in [6, 6.07) is 13.2. The van der Waals surface area contributed by atoms with Gasteiger partial charge < -0.3 is 9.80 Å². The molecule has 4 rings (SSSR count). The Hall–Kier alpha value is -2.05. The molecule has 2 fully saturated rings. The van der Waals surface area contributed by atoms with Crippen molar-refractivity contribution in [2.75, 3.05) is 30.3 Å². The van der Waals surface area contributed by atoms with Gasteiger partial charge in [-0.3, -0.25) is 9.59 Å². The van der Waals surface area contributed by atoms with E-state index in [4.69, 9.17) is 11.6 Å². The predicted molar refractivity (Wildman–Crippen MR) is 116 cm³/mol. The van der Waals surface area contributed by atoms with Gasteiger partial charge >= 0.3 is 0 Å². The minimum absolute atomic E-state index is 0.00678. The van der Waals surface area contributed by atoms with Crippen LogP contribution in [0, 0.1) is 11.8 Å². The van der Waals surface area contributed by atoms with Gasteiger partial charge in [0, 0.05) is 48.7 Å². The second-order valence-electron chi connectivity index (χ2n) is 7.63. The Balaban J connectivity index is 1.27. The summed E-state index contributed by atoms with van der Waals surface area (Å²) in [6.45, 7) is 2.00. The summed E-state index contributed by atoms with van der Waals surface area (Å²) in [4.78, 5) is 33.4. The van der Waals surface area contributed by atoms with Gasteiger partial charge in [-0.25, -0.2) is 4.98 Å². The van der Waals surface area contributed by atoms with Crippen LogP contribution in [0.25, 0.3) is 0 Å². The van der Waals surface area contributed by atoms with Gasteiger partial charge in [0.1, 0.15) is 0 Å². The third kappa shape index (κ3) is 4.93. The van der Waals surface area contributed by atoms with E-state index >= 15 is 0 Å². The second-order valence-corrected chi connectivity index (χ2v) is 9.11. The van der Waals surface area contributed by atoms with Gasteiger partial charge in [-0.05, 0) is 55.2 Å². The molecule has 2 aromatic rings. The molecule has 7 heteroatoms. The average molecular weight is 430 g/mol. The number of pyridine rings is 1. The molecule has 5 nitrogen and oxygen atoms in total. The number of carbonyl (C=O) groups is 2. The van der Waals surface area contributed by atoms with Crippen molar-refractivity contribution < 1.29 is 9.59 Å². The summed E-state index contributed by atoms with van der Waals surface area (Å²) in [6.07, 6.45) is 4.12. The van der Waals surface area contributed by atoms with E-state index < -0.39 is 0 Å². The molecule has 1 atom stereocenters. The highest BCUT2D eigenvalue weighted by atomic mass is 35.5. The number of anilines is 1. The van der Waals surface area contributed by atoms with Crippen LogP contribution >= 0.6 is 23.4 Å². The summed E-state index contributed by atoms with van der Waals surface area (Å²) in [5.74, 6) is 1.50. The minimum atomic E-state index is -0.252. The van der Waals surface area contributed by atoms with E-state index in [2.05, 4.69) is 4.98 Å². The third-order valence-corrected chi connectivity index (χ3v) is 7.07. The molecule has 0 bridgehead atoms. The van der Waals surface area contributed by atoms with E-state index in [-0.39, 0.29) is 24.2 Å². The molecule has 29 heavy (non-hydrogen) atoms. The Morgan fingerprint density at radius 1 is 1.14 bits per heavy atom. The maximum atomic E-state index is 13.0. The summed E-state index contributed by atoms with van der Waals surface area (Å²) >= 11 is 7.72. The number of thioether (sulfide) groups is 1. The number of carbonyl (C=O) groups excluding carboxylic acids is 2. The van der Waals surface area contributed by atoms with Gasteiger partial charge in [-0.15, -0.1) is 11.8 Å². The Kier molecular flexibility index (Phi) is 6.40. The molecule has 2 aliphatic rings. The number of amides is 2. The zero-order chi connectivity index (χ0) is 20.2. The monoisotopic (exact) mass is 429 g/mol. The zero-order valence-electron chi connectivity index (χ0n) is 16.2. The molecule has 2 aliphatic heterocycles. The molecule has 0 spiro atoms. The lowest BCUT2D eigenvalue weighted by Crippen LogP contribution is -2.42. The van der Waals surface area contributed by atoms with Crippen LogP contribution in [0.2, 0.25) is 5.02 Å². The van der Waals surface area contributed by atoms with Gasteiger partial charge in [0.05, 0.1) is 10.9 Å². The van der Waals surface area contributed by atoms with Crippen molar-refractivity contribution in [2.24, 2.45) is 11.8 Å². The highest BCUT2D eigenvalue weighted by Gasteiger charge is 2.38. The number of hydrogen-bond acceptors (Lipinski definition) is 4. The maximum Gasteiger partial charge on any atom is 0.228 e. The van der Waals surface area contributed by atoms with Crippen LogP contribution in [-0.4, -0.2) is 47.1 Å². The molecule has 2 amide bonds. The van der Waals surface area contributed by atoms with Crippen molar-refractivity contribution in [3.63, 3.8) is 0 Å². The van der Waals surface area contributed by atoms with Gasteiger partial charge in [-0.2, -0.15) is 0 Å². The van der Waals surface area contributed by atoms with Crippen molar-refractivity contribution in [2.45, 2.75) is 24.3 Å². The fraction of sp³-hybridized carbons (Fsp3) is 0.409. The number of halogens is 1. The largest absolute Gasteiger partial charge is 0.342 e. The number of likely N-dealkylation sites (tertiary alicyclic amines) is 1. The number of hydrogen-bond donors (Lipinski definition) is 0. The van der Waals surface area contributed by atoms with Crippen molar-refractivity contribution in [3.8, 4) is 0 Å². The fourth-order valence-corrected chi connectivity index (χ4v) is 5.13. The van der Waals surface area contributed by atoms with Gasteiger partial charge in [0.2, 0.25) is 11.8 Å². The third-order valence-electron chi connectivity index (χ3n) is 5.64. The van der Waals surface area contributed by atoms with Gasteiger partial charge in [0.25, 0.3) is 0 Å². The first-order chi connectivity index (χ1) is 14.1. The zero-order valence-corrected chi connectivity index (χ0v) is 17.7. The molecule has 1 aromatic carbocycles. The van der Waals surface area contributed by atoms with Crippen molar-refractivity contribution in [1.82, 2.24) is 9.88 Å². The van der Waals surface area contributed by atoms with E-state index in [0.717, 1.165) is 42.4 Å². The lowest BCUT2D eigenvalue weighted by molar-refractivity contribution is -0.137. The summed E-state index contributed by atoms with van der Waals surface area (Å²) in [7, 11) is 0. The van der Waals surface area contributed by atoms with Crippen LogP contribution in [0.3, 0.4) is 0 Å². The number of rotatable bonds is 5. The Morgan fingerprint density at radius 2 is 1.90 bits per heavy atom. The molecule has 0 aliphatic carbocycles. The van der Waals surface area contributed by atoms with Crippen LogP contribution in [0.1, 0.15) is 19.3 Å². The fourth-order valence-electron chi connectivity index (χ4n) is 3.96. The quantitative estimate of drug-likeness (QED) is 0.671. The Morgan fingerprint density at radius 3 is 2.59 bits per heavy atom. The molecule has 1 aromatic heterocycles. The number of piperidine rings is 1. The van der Waals surface area contributed by atoms with Gasteiger partial charge in [0.15, 0.2) is 0 Å². The SMILES string of the molecule is O=C([C@@H]1CC(=O)N(c2ccc(Cl)cc2)C1)N1CCC(CSc2ccccn2)CC1. The summed E-state index contributed by atoms with van der Waals surface area (Å²) in [5, 5.41) is 1.69. The van der Waals surface area contributed by atoms with Crippen LogP contribution in [-0.2, 0) is 9.59 Å². The average Bonchev–Trinajstić information content (AvgIpc) is 3.15. The lowest BCUT2D eigenvalue weighted by atomic mass is 9.97. The Labute approximate surface area is 180 Å². The summed E-state index contributed by atoms with van der Waals surface area (Å²) < 4.78 is 0. The highest BCUT2D eigenvalue weighted by molar-refractivity contribution is 7.99. The molecule has 0 unspecified atom stereocenters. The van der Waals surface area contributed by atoms with Crippen molar-refractivity contribution in [3.05, 3.63) is 53.7 Å². The number of aromatic nitrogens is 1. The predicted octanol–water partition coefficient (Wildman–Crippen LogP) is 4.12. The van der Waals surface area contributed by atoms with Crippen LogP contribution in [0.4, 0.5) is 5.69 Å². The molecular formula is C22H24ClN3O2S. The molecule has 0 radical (unpaired) electrons. The number of nitrogens with zero attached hydrogens (tertiary/aromatic N) is 3.